The van der Waals surface area contributed by atoms with Gasteiger partial charge in [-0.2, -0.15) is 0 Å². The molecule has 5 rings (SSSR count). The summed E-state index contributed by atoms with van der Waals surface area (Å²) < 4.78 is 7.94. The Bertz CT molecular complexity index is 1660. The predicted octanol–water partition coefficient (Wildman–Crippen LogP) is 10.5. The number of aryl methyl sites for hydroxylation is 2. The van der Waals surface area contributed by atoms with Crippen molar-refractivity contribution in [3.63, 3.8) is 0 Å². The van der Waals surface area contributed by atoms with Crippen LogP contribution in [0.2, 0.25) is 17.3 Å². The van der Waals surface area contributed by atoms with Gasteiger partial charge >= 0.3 is 168 Å². The minimum absolute atomic E-state index is 0. The zero-order valence-corrected chi connectivity index (χ0v) is 32.8. The molecular weight excluding hydrogens is 795 g/mol. The van der Waals surface area contributed by atoms with Crippen LogP contribution in [0.15, 0.2) is 66.6 Å². The molecule has 0 unspecified atom stereocenters. The number of carbonyl (C=O) groups is 1. The Morgan fingerprint density at radius 2 is 1.53 bits per heavy atom. The normalized spacial score (nSPS) is 12.3. The second-order valence-electron chi connectivity index (χ2n) is 13.0. The van der Waals surface area contributed by atoms with E-state index in [0.717, 1.165) is 70.3 Å². The number of allylic oxidation sites excluding steroid dienone is 2. The van der Waals surface area contributed by atoms with E-state index in [0.29, 0.717) is 0 Å². The summed E-state index contributed by atoms with van der Waals surface area (Å²) in [5.41, 5.74) is 6.55. The van der Waals surface area contributed by atoms with Gasteiger partial charge in [0.05, 0.1) is 5.76 Å². The maximum absolute atomic E-state index is 11.7. The number of nitrogens with zero attached hydrogens (tertiary/aromatic N) is 1. The van der Waals surface area contributed by atoms with Crippen molar-refractivity contribution in [3.05, 3.63) is 83.8 Å². The summed E-state index contributed by atoms with van der Waals surface area (Å²) in [6.45, 7) is 12.2. The number of aliphatic hydroxyl groups excluding tert-OH is 1. The Hall–Kier alpha value is -2.73. The van der Waals surface area contributed by atoms with Crippen LogP contribution in [0.4, 0.5) is 0 Å². The largest absolute Gasteiger partial charge is 0 e. The van der Waals surface area contributed by atoms with Crippen LogP contribution in [0.3, 0.4) is 0 Å². The number of fused-ring (bicyclic) bond motifs is 2. The van der Waals surface area contributed by atoms with Crippen LogP contribution >= 0.6 is 0 Å². The van der Waals surface area contributed by atoms with Crippen molar-refractivity contribution in [1.29, 1.82) is 0 Å². The first-order valence-electron chi connectivity index (χ1n) is 16.1. The predicted molar refractivity (Wildman–Crippen MR) is 188 cm³/mol. The van der Waals surface area contributed by atoms with Crippen LogP contribution < -0.4 is 9.13 Å². The molecule has 0 aliphatic carbocycles. The number of rotatable bonds is 9. The van der Waals surface area contributed by atoms with Crippen LogP contribution in [0.25, 0.3) is 33.2 Å². The first kappa shape index (κ1) is 36.7. The molecule has 1 N–H and O–H groups in total. The molecule has 2 heterocycles. The topological polar surface area (TPSA) is 59.4 Å². The smallest absolute Gasteiger partial charge is 0 e. The van der Waals surface area contributed by atoms with Crippen molar-refractivity contribution in [2.45, 2.75) is 84.5 Å². The van der Waals surface area contributed by atoms with Crippen molar-refractivity contribution in [2.75, 3.05) is 0 Å². The van der Waals surface area contributed by atoms with E-state index in [1.54, 1.807) is 0 Å². The third-order valence-electron chi connectivity index (χ3n) is 8.78. The van der Waals surface area contributed by atoms with Gasteiger partial charge in [-0.05, 0) is 25.7 Å². The number of aromatic nitrogens is 1. The van der Waals surface area contributed by atoms with E-state index in [-0.39, 0.29) is 43.5 Å². The standard InChI is InChI=1S/C26H24GeNO.C13H24O2.Ir/c1-16-12-17(2)26-22(13-16)25-24-19(10-11-28-25)14-20(15-23(24)29-26)18-6-8-21(9-7-18)27(3,4)5;1-5-10(6-2)12(14)9-13(15)11(7-3)8-4;/h6-12,14-15H,1-5H3;9-11,14H,5-8H2,1-4H3;/q-1;;/b;12-9-;. The number of benzene rings is 3. The van der Waals surface area contributed by atoms with Gasteiger partial charge in [-0.1, -0.05) is 34.6 Å². The number of ether oxygens (including phenoxy) is 1. The van der Waals surface area contributed by atoms with E-state index in [1.807, 2.05) is 33.9 Å². The van der Waals surface area contributed by atoms with Crippen LogP contribution in [-0.2, 0) is 24.9 Å². The van der Waals surface area contributed by atoms with E-state index in [2.05, 4.69) is 85.7 Å². The average Bonchev–Trinajstić information content (AvgIpc) is 2.99. The third-order valence-corrected chi connectivity index (χ3v) is 13.1. The second kappa shape index (κ2) is 15.7. The molecule has 0 saturated heterocycles. The van der Waals surface area contributed by atoms with E-state index in [4.69, 9.17) is 9.72 Å². The molecule has 0 spiro atoms. The quantitative estimate of drug-likeness (QED) is 0.0695. The van der Waals surface area contributed by atoms with Crippen LogP contribution in [0, 0.1) is 31.7 Å². The van der Waals surface area contributed by atoms with E-state index < -0.39 is 13.3 Å². The van der Waals surface area contributed by atoms with Crippen LogP contribution in [0.1, 0.15) is 64.5 Å². The zero-order valence-electron chi connectivity index (χ0n) is 28.3. The van der Waals surface area contributed by atoms with Crippen LogP contribution in [-0.4, -0.2) is 29.1 Å². The monoisotopic (exact) mass is 845 g/mol. The fourth-order valence-corrected chi connectivity index (χ4v) is 8.39. The van der Waals surface area contributed by atoms with E-state index in [1.165, 1.54) is 21.6 Å². The number of ketones is 1. The fourth-order valence-electron chi connectivity index (χ4n) is 5.94. The molecule has 45 heavy (non-hydrogen) atoms. The average molecular weight is 844 g/mol. The van der Waals surface area contributed by atoms with Gasteiger partial charge in [-0.25, -0.2) is 0 Å². The Kier molecular flexibility index (Phi) is 12.8. The molecule has 241 valence electrons. The minimum atomic E-state index is -1.81. The van der Waals surface area contributed by atoms with E-state index in [9.17, 15) is 9.90 Å². The number of carbonyl (C=O) groups excluding carboxylic acids is 1. The molecule has 0 atom stereocenters. The molecule has 6 heteroatoms. The molecule has 1 aliphatic rings. The summed E-state index contributed by atoms with van der Waals surface area (Å²) in [6, 6.07) is 21.2. The summed E-state index contributed by atoms with van der Waals surface area (Å²) in [5, 5.41) is 12.0. The molecule has 3 aromatic carbocycles. The van der Waals surface area contributed by atoms with Crippen molar-refractivity contribution in [3.8, 4) is 33.9 Å². The van der Waals surface area contributed by atoms with Crippen molar-refractivity contribution in [2.24, 2.45) is 11.8 Å². The Morgan fingerprint density at radius 3 is 2.11 bits per heavy atom. The van der Waals surface area contributed by atoms with Gasteiger partial charge in [0.2, 0.25) is 0 Å². The summed E-state index contributed by atoms with van der Waals surface area (Å²) in [7, 11) is 0. The first-order chi connectivity index (χ1) is 20.9. The van der Waals surface area contributed by atoms with E-state index >= 15 is 0 Å². The van der Waals surface area contributed by atoms with Gasteiger partial charge in [0, 0.05) is 38.0 Å². The number of hydrogen-bond donors (Lipinski definition) is 1. The number of pyridine rings is 1. The molecule has 4 aromatic rings. The Balaban J connectivity index is 0.000000297. The molecule has 1 aromatic heterocycles. The molecule has 0 saturated carbocycles. The van der Waals surface area contributed by atoms with Gasteiger partial charge < -0.3 is 5.11 Å². The molecule has 1 radical (unpaired) electrons. The van der Waals surface area contributed by atoms with Gasteiger partial charge in [-0.3, -0.25) is 4.79 Å². The van der Waals surface area contributed by atoms with Gasteiger partial charge in [-0.15, -0.1) is 0 Å². The molecule has 0 fully saturated rings. The molecular formula is C39H48GeIrNO3-. The summed E-state index contributed by atoms with van der Waals surface area (Å²) in [5.74, 6) is 9.58. The first-order valence-corrected chi connectivity index (χ1v) is 23.5. The zero-order chi connectivity index (χ0) is 32.2. The van der Waals surface area contributed by atoms with Gasteiger partial charge in [0.15, 0.2) is 5.78 Å². The van der Waals surface area contributed by atoms with Gasteiger partial charge in [0.25, 0.3) is 0 Å². The summed E-state index contributed by atoms with van der Waals surface area (Å²) >= 11 is -1.81. The second-order valence-corrected chi connectivity index (χ2v) is 23.7. The molecule has 0 amide bonds. The summed E-state index contributed by atoms with van der Waals surface area (Å²) in [6.07, 6.45) is 6.80. The molecule has 4 nitrogen and oxygen atoms in total. The molecule has 1 aliphatic heterocycles. The fraction of sp³-hybridized carbons (Fsp3) is 0.385. The third kappa shape index (κ3) is 8.36. The van der Waals surface area contributed by atoms with Crippen molar-refractivity contribution < 1.29 is 34.7 Å². The van der Waals surface area contributed by atoms with Crippen molar-refractivity contribution in [1.82, 2.24) is 4.98 Å². The summed E-state index contributed by atoms with van der Waals surface area (Å²) in [4.78, 5) is 16.4. The number of aliphatic hydroxyl groups is 1. The SMILES string of the molecule is CCC(CC)C(=O)/C=C(\O)C(CC)CC.Cc1[c-]c2c(c(C)c1)Oc1cc(-c3cc[c]([Ge]([CH3])([CH3])[CH3])cc3)cc3ccnc-2c13.[Ir]. The maximum Gasteiger partial charge on any atom is 0 e. The minimum Gasteiger partial charge on any atom is 0 e. The van der Waals surface area contributed by atoms with Crippen molar-refractivity contribution >= 4 is 34.2 Å². The number of hydrogen-bond acceptors (Lipinski definition) is 4. The maximum atomic E-state index is 11.7. The Morgan fingerprint density at radius 1 is 0.911 bits per heavy atom. The van der Waals surface area contributed by atoms with Gasteiger partial charge in [0.1, 0.15) is 0 Å². The van der Waals surface area contributed by atoms with Crippen LogP contribution in [0.5, 0.6) is 11.5 Å². The Labute approximate surface area is 286 Å². The molecule has 0 bridgehead atoms.